The van der Waals surface area contributed by atoms with Crippen molar-refractivity contribution in [3.63, 3.8) is 0 Å². The Labute approximate surface area is 108 Å². The predicted molar refractivity (Wildman–Crippen MR) is 71.2 cm³/mol. The highest BCUT2D eigenvalue weighted by Gasteiger charge is 2.37. The van der Waals surface area contributed by atoms with Crippen molar-refractivity contribution in [3.8, 4) is 0 Å². The molecule has 0 radical (unpaired) electrons. The largest absolute Gasteiger partial charge is 0.353 e. The van der Waals surface area contributed by atoms with Crippen molar-refractivity contribution in [3.05, 3.63) is 35.4 Å². The van der Waals surface area contributed by atoms with Crippen LogP contribution in [0.15, 0.2) is 24.3 Å². The molecule has 96 valence electrons. The third-order valence-electron chi connectivity index (χ3n) is 3.78. The van der Waals surface area contributed by atoms with Gasteiger partial charge >= 0.3 is 0 Å². The minimum Gasteiger partial charge on any atom is -0.353 e. The molecule has 2 aliphatic rings. The molecule has 2 fully saturated rings. The van der Waals surface area contributed by atoms with E-state index in [2.05, 4.69) is 17.4 Å². The number of carbonyl (C=O) groups excluding carboxylic acids is 1. The molecule has 0 aromatic heterocycles. The van der Waals surface area contributed by atoms with Crippen LogP contribution in [0.3, 0.4) is 0 Å². The molecule has 1 aromatic carbocycles. The lowest BCUT2D eigenvalue weighted by atomic mass is 10.0. The Kier molecular flexibility index (Phi) is 2.86. The van der Waals surface area contributed by atoms with Gasteiger partial charge in [0.1, 0.15) is 0 Å². The number of nitrogens with one attached hydrogen (secondary N) is 1. The molecule has 0 aliphatic heterocycles. The second-order valence-corrected chi connectivity index (χ2v) is 5.87. The van der Waals surface area contributed by atoms with Crippen molar-refractivity contribution in [2.75, 3.05) is 0 Å². The standard InChI is InChI=1S/C15H20N2O/c16-15(7-8-15)10-12-3-1-11(2-4-12)9-14(18)17-13-5-6-13/h1-4,13H,5-10,16H2,(H,17,18). The van der Waals surface area contributed by atoms with Crippen molar-refractivity contribution in [1.29, 1.82) is 0 Å². The number of rotatable bonds is 5. The first-order chi connectivity index (χ1) is 8.63. The van der Waals surface area contributed by atoms with E-state index in [0.717, 1.165) is 37.7 Å². The number of carbonyl (C=O) groups is 1. The number of amides is 1. The SMILES string of the molecule is NC1(Cc2ccc(CC(=O)NC3CC3)cc2)CC1. The highest BCUT2D eigenvalue weighted by atomic mass is 16.1. The summed E-state index contributed by atoms with van der Waals surface area (Å²) < 4.78 is 0. The first-order valence-corrected chi connectivity index (χ1v) is 6.79. The van der Waals surface area contributed by atoms with Crippen LogP contribution < -0.4 is 11.1 Å². The molecule has 0 saturated heterocycles. The molecule has 1 amide bonds. The summed E-state index contributed by atoms with van der Waals surface area (Å²) in [6.45, 7) is 0. The minimum absolute atomic E-state index is 0.0604. The van der Waals surface area contributed by atoms with Crippen LogP contribution >= 0.6 is 0 Å². The van der Waals surface area contributed by atoms with Crippen LogP contribution in [0.4, 0.5) is 0 Å². The van der Waals surface area contributed by atoms with Crippen LogP contribution in [0.5, 0.6) is 0 Å². The summed E-state index contributed by atoms with van der Waals surface area (Å²) in [6.07, 6.45) is 6.01. The van der Waals surface area contributed by atoms with Gasteiger partial charge in [-0.1, -0.05) is 24.3 Å². The van der Waals surface area contributed by atoms with Gasteiger partial charge in [-0.15, -0.1) is 0 Å². The van der Waals surface area contributed by atoms with E-state index in [9.17, 15) is 4.79 Å². The summed E-state index contributed by atoms with van der Waals surface area (Å²) in [5.41, 5.74) is 8.52. The molecule has 1 aromatic rings. The van der Waals surface area contributed by atoms with E-state index in [1.165, 1.54) is 5.56 Å². The normalized spacial score (nSPS) is 20.5. The summed E-state index contributed by atoms with van der Waals surface area (Å²) in [6, 6.07) is 8.75. The molecule has 0 atom stereocenters. The van der Waals surface area contributed by atoms with Crippen LogP contribution in [0.25, 0.3) is 0 Å². The van der Waals surface area contributed by atoms with E-state index in [-0.39, 0.29) is 11.4 Å². The lowest BCUT2D eigenvalue weighted by Gasteiger charge is -2.09. The second kappa shape index (κ2) is 4.39. The fraction of sp³-hybridized carbons (Fsp3) is 0.533. The highest BCUT2D eigenvalue weighted by molar-refractivity contribution is 5.79. The van der Waals surface area contributed by atoms with Gasteiger partial charge in [-0.05, 0) is 43.2 Å². The Morgan fingerprint density at radius 3 is 2.39 bits per heavy atom. The van der Waals surface area contributed by atoms with Gasteiger partial charge in [-0.25, -0.2) is 0 Å². The highest BCUT2D eigenvalue weighted by Crippen LogP contribution is 2.35. The molecular weight excluding hydrogens is 224 g/mol. The Bertz CT molecular complexity index is 444. The molecule has 0 bridgehead atoms. The van der Waals surface area contributed by atoms with Crippen molar-refractivity contribution in [2.45, 2.75) is 50.1 Å². The summed E-state index contributed by atoms with van der Waals surface area (Å²) >= 11 is 0. The molecular formula is C15H20N2O. The van der Waals surface area contributed by atoms with Gasteiger partial charge in [0, 0.05) is 11.6 Å². The smallest absolute Gasteiger partial charge is 0.224 e. The van der Waals surface area contributed by atoms with E-state index in [4.69, 9.17) is 5.73 Å². The topological polar surface area (TPSA) is 55.1 Å². The lowest BCUT2D eigenvalue weighted by molar-refractivity contribution is -0.120. The summed E-state index contributed by atoms with van der Waals surface area (Å²) in [4.78, 5) is 11.7. The van der Waals surface area contributed by atoms with E-state index in [0.29, 0.717) is 12.5 Å². The number of nitrogens with two attached hydrogens (primary N) is 1. The average Bonchev–Trinajstić information content (AvgIpc) is 3.22. The first kappa shape index (κ1) is 11.7. The zero-order chi connectivity index (χ0) is 12.6. The van der Waals surface area contributed by atoms with Gasteiger partial charge in [0.15, 0.2) is 0 Å². The Morgan fingerprint density at radius 2 is 1.83 bits per heavy atom. The van der Waals surface area contributed by atoms with Crippen LogP contribution in [0.2, 0.25) is 0 Å². The average molecular weight is 244 g/mol. The lowest BCUT2D eigenvalue weighted by Crippen LogP contribution is -2.27. The van der Waals surface area contributed by atoms with Crippen molar-refractivity contribution < 1.29 is 4.79 Å². The molecule has 0 spiro atoms. The third kappa shape index (κ3) is 3.10. The minimum atomic E-state index is 0.0604. The third-order valence-corrected chi connectivity index (χ3v) is 3.78. The Hall–Kier alpha value is -1.35. The zero-order valence-electron chi connectivity index (χ0n) is 10.6. The van der Waals surface area contributed by atoms with Gasteiger partial charge in [0.05, 0.1) is 6.42 Å². The van der Waals surface area contributed by atoms with Crippen molar-refractivity contribution in [2.24, 2.45) is 5.73 Å². The van der Waals surface area contributed by atoms with Crippen LogP contribution in [0, 0.1) is 0 Å². The van der Waals surface area contributed by atoms with E-state index < -0.39 is 0 Å². The summed E-state index contributed by atoms with van der Waals surface area (Å²) in [7, 11) is 0. The number of hydrogen-bond acceptors (Lipinski definition) is 2. The maximum atomic E-state index is 11.7. The molecule has 3 N–H and O–H groups in total. The van der Waals surface area contributed by atoms with Crippen LogP contribution in [-0.2, 0) is 17.6 Å². The van der Waals surface area contributed by atoms with Gasteiger partial charge in [0.2, 0.25) is 5.91 Å². The Balaban J connectivity index is 1.54. The molecule has 3 heteroatoms. The monoisotopic (exact) mass is 244 g/mol. The maximum Gasteiger partial charge on any atom is 0.224 e. The van der Waals surface area contributed by atoms with E-state index >= 15 is 0 Å². The van der Waals surface area contributed by atoms with Crippen LogP contribution in [0.1, 0.15) is 36.8 Å². The summed E-state index contributed by atoms with van der Waals surface area (Å²) in [5, 5.41) is 3.01. The van der Waals surface area contributed by atoms with Crippen molar-refractivity contribution in [1.82, 2.24) is 5.32 Å². The molecule has 0 heterocycles. The number of hydrogen-bond donors (Lipinski definition) is 2. The van der Waals surface area contributed by atoms with Gasteiger partial charge in [0.25, 0.3) is 0 Å². The molecule has 3 rings (SSSR count). The second-order valence-electron chi connectivity index (χ2n) is 5.87. The van der Waals surface area contributed by atoms with Gasteiger partial charge in [-0.3, -0.25) is 4.79 Å². The molecule has 2 saturated carbocycles. The quantitative estimate of drug-likeness (QED) is 0.825. The molecule has 18 heavy (non-hydrogen) atoms. The van der Waals surface area contributed by atoms with E-state index in [1.807, 2.05) is 12.1 Å². The summed E-state index contributed by atoms with van der Waals surface area (Å²) in [5.74, 6) is 0.141. The fourth-order valence-corrected chi connectivity index (χ4v) is 2.21. The first-order valence-electron chi connectivity index (χ1n) is 6.79. The van der Waals surface area contributed by atoms with Gasteiger partial charge < -0.3 is 11.1 Å². The maximum absolute atomic E-state index is 11.7. The molecule has 2 aliphatic carbocycles. The molecule has 0 unspecified atom stereocenters. The fourth-order valence-electron chi connectivity index (χ4n) is 2.21. The zero-order valence-corrected chi connectivity index (χ0v) is 10.6. The molecule has 3 nitrogen and oxygen atoms in total. The predicted octanol–water partition coefficient (Wildman–Crippen LogP) is 1.54. The van der Waals surface area contributed by atoms with Crippen molar-refractivity contribution >= 4 is 5.91 Å². The van der Waals surface area contributed by atoms with Crippen LogP contribution in [-0.4, -0.2) is 17.5 Å². The van der Waals surface area contributed by atoms with E-state index in [1.54, 1.807) is 0 Å². The Morgan fingerprint density at radius 1 is 1.22 bits per heavy atom. The van der Waals surface area contributed by atoms with Gasteiger partial charge in [-0.2, -0.15) is 0 Å². The number of benzene rings is 1.